The Morgan fingerprint density at radius 1 is 1.62 bits per heavy atom. The summed E-state index contributed by atoms with van der Waals surface area (Å²) >= 11 is 0. The fraction of sp³-hybridized carbons (Fsp3) is 0.200. The van der Waals surface area contributed by atoms with Crippen molar-refractivity contribution in [3.63, 3.8) is 0 Å². The average Bonchev–Trinajstić information content (AvgIpc) is 2.09. The second-order valence-corrected chi connectivity index (χ2v) is 2.78. The highest BCUT2D eigenvalue weighted by atomic mass is 16.1. The normalized spacial score (nSPS) is 10.5. The van der Waals surface area contributed by atoms with Crippen LogP contribution in [0.2, 0.25) is 0 Å². The number of hydrogen-bond donors (Lipinski definition) is 1. The minimum absolute atomic E-state index is 0.422. The van der Waals surface area contributed by atoms with E-state index in [1.807, 2.05) is 19.1 Å². The monoisotopic (exact) mass is 176 g/mol. The molecule has 0 amide bonds. The molecule has 0 aliphatic carbocycles. The molecule has 1 rings (SSSR count). The van der Waals surface area contributed by atoms with E-state index < -0.39 is 0 Å². The molecular weight excluding hydrogens is 164 g/mol. The lowest BCUT2D eigenvalue weighted by Crippen LogP contribution is -1.91. The first-order chi connectivity index (χ1) is 6.24. The van der Waals surface area contributed by atoms with Crippen molar-refractivity contribution in [2.45, 2.75) is 13.3 Å². The molecule has 0 saturated carbocycles. The molecule has 0 aliphatic rings. The van der Waals surface area contributed by atoms with Crippen LogP contribution in [-0.2, 0) is 4.79 Å². The van der Waals surface area contributed by atoms with E-state index in [0.717, 1.165) is 17.5 Å². The lowest BCUT2D eigenvalue weighted by atomic mass is 10.2. The van der Waals surface area contributed by atoms with E-state index >= 15 is 0 Å². The molecule has 1 aromatic rings. The summed E-state index contributed by atoms with van der Waals surface area (Å²) in [5, 5.41) is 0. The van der Waals surface area contributed by atoms with Gasteiger partial charge in [0.05, 0.1) is 17.6 Å². The third kappa shape index (κ3) is 2.71. The van der Waals surface area contributed by atoms with Crippen molar-refractivity contribution in [3.8, 4) is 0 Å². The zero-order valence-corrected chi connectivity index (χ0v) is 7.53. The fourth-order valence-corrected chi connectivity index (χ4v) is 1.02. The maximum Gasteiger partial charge on any atom is 0.123 e. The van der Waals surface area contributed by atoms with Crippen molar-refractivity contribution in [2.24, 2.45) is 0 Å². The minimum atomic E-state index is 0.422. The van der Waals surface area contributed by atoms with Crippen LogP contribution in [0.5, 0.6) is 0 Å². The first-order valence-corrected chi connectivity index (χ1v) is 4.06. The second kappa shape index (κ2) is 4.40. The lowest BCUT2D eigenvalue weighted by Gasteiger charge is -1.99. The first-order valence-electron chi connectivity index (χ1n) is 4.06. The molecule has 0 fully saturated rings. The summed E-state index contributed by atoms with van der Waals surface area (Å²) < 4.78 is 0. The molecule has 0 unspecified atom stereocenters. The fourth-order valence-electron chi connectivity index (χ4n) is 1.02. The van der Waals surface area contributed by atoms with Gasteiger partial charge in [0.15, 0.2) is 0 Å². The summed E-state index contributed by atoms with van der Waals surface area (Å²) in [6.45, 7) is 1.93. The number of aldehydes is 1. The van der Waals surface area contributed by atoms with Gasteiger partial charge in [0.25, 0.3) is 0 Å². The van der Waals surface area contributed by atoms with E-state index in [9.17, 15) is 4.79 Å². The maximum atomic E-state index is 10.0. The van der Waals surface area contributed by atoms with Crippen LogP contribution in [0.1, 0.15) is 17.7 Å². The Hall–Kier alpha value is -1.64. The van der Waals surface area contributed by atoms with Gasteiger partial charge in [0, 0.05) is 6.42 Å². The number of nitrogens with zero attached hydrogens (tertiary/aromatic N) is 1. The van der Waals surface area contributed by atoms with Crippen LogP contribution in [-0.4, -0.2) is 11.3 Å². The third-order valence-electron chi connectivity index (χ3n) is 1.65. The predicted molar refractivity (Wildman–Crippen MR) is 53.1 cm³/mol. The van der Waals surface area contributed by atoms with Crippen molar-refractivity contribution in [2.75, 3.05) is 5.73 Å². The topological polar surface area (TPSA) is 56.0 Å². The molecule has 0 aliphatic heterocycles. The maximum absolute atomic E-state index is 10.0. The smallest absolute Gasteiger partial charge is 0.123 e. The van der Waals surface area contributed by atoms with Crippen molar-refractivity contribution in [1.82, 2.24) is 4.98 Å². The Morgan fingerprint density at radius 3 is 3.00 bits per heavy atom. The van der Waals surface area contributed by atoms with Gasteiger partial charge in [-0.2, -0.15) is 0 Å². The second-order valence-electron chi connectivity index (χ2n) is 2.78. The third-order valence-corrected chi connectivity index (χ3v) is 1.65. The Balaban J connectivity index is 2.83. The number of hydrogen-bond acceptors (Lipinski definition) is 3. The summed E-state index contributed by atoms with van der Waals surface area (Å²) in [5.74, 6) is 0. The van der Waals surface area contributed by atoms with Crippen LogP contribution in [0, 0.1) is 6.92 Å². The summed E-state index contributed by atoms with van der Waals surface area (Å²) in [7, 11) is 0. The molecule has 13 heavy (non-hydrogen) atoms. The van der Waals surface area contributed by atoms with Gasteiger partial charge < -0.3 is 10.5 Å². The molecule has 3 heteroatoms. The molecule has 0 spiro atoms. The van der Waals surface area contributed by atoms with Crippen molar-refractivity contribution in [3.05, 3.63) is 29.6 Å². The Kier molecular flexibility index (Phi) is 3.20. The molecule has 0 bridgehead atoms. The van der Waals surface area contributed by atoms with Gasteiger partial charge in [-0.1, -0.05) is 6.08 Å². The SMILES string of the molecule is Cc1cc(N)cnc1C=CCC=O. The van der Waals surface area contributed by atoms with E-state index in [-0.39, 0.29) is 0 Å². The highest BCUT2D eigenvalue weighted by molar-refractivity contribution is 5.58. The highest BCUT2D eigenvalue weighted by Crippen LogP contribution is 2.10. The van der Waals surface area contributed by atoms with Gasteiger partial charge in [-0.3, -0.25) is 4.98 Å². The molecule has 0 saturated heterocycles. The van der Waals surface area contributed by atoms with Crippen LogP contribution in [0.3, 0.4) is 0 Å². The lowest BCUT2D eigenvalue weighted by molar-refractivity contribution is -0.107. The highest BCUT2D eigenvalue weighted by Gasteiger charge is 1.94. The van der Waals surface area contributed by atoms with Gasteiger partial charge in [-0.05, 0) is 24.6 Å². The number of pyridine rings is 1. The van der Waals surface area contributed by atoms with E-state index in [0.29, 0.717) is 12.1 Å². The molecule has 1 aromatic heterocycles. The Morgan fingerprint density at radius 2 is 2.38 bits per heavy atom. The quantitative estimate of drug-likeness (QED) is 0.711. The van der Waals surface area contributed by atoms with Gasteiger partial charge in [0.2, 0.25) is 0 Å². The minimum Gasteiger partial charge on any atom is -0.397 e. The molecule has 0 radical (unpaired) electrons. The van der Waals surface area contributed by atoms with Crippen LogP contribution >= 0.6 is 0 Å². The van der Waals surface area contributed by atoms with E-state index in [1.165, 1.54) is 0 Å². The molecule has 68 valence electrons. The van der Waals surface area contributed by atoms with Crippen LogP contribution in [0.15, 0.2) is 18.3 Å². The van der Waals surface area contributed by atoms with Gasteiger partial charge in [-0.25, -0.2) is 0 Å². The molecular formula is C10H12N2O. The standard InChI is InChI=1S/C10H12N2O/c1-8-6-9(11)7-12-10(8)4-2-3-5-13/h2,4-7H,3,11H2,1H3. The Bertz CT molecular complexity index is 332. The summed E-state index contributed by atoms with van der Waals surface area (Å²) in [6.07, 6.45) is 6.48. The molecule has 0 aromatic carbocycles. The summed E-state index contributed by atoms with van der Waals surface area (Å²) in [6, 6.07) is 1.85. The Labute approximate surface area is 77.3 Å². The molecule has 0 atom stereocenters. The van der Waals surface area contributed by atoms with E-state index in [2.05, 4.69) is 4.98 Å². The van der Waals surface area contributed by atoms with Crippen LogP contribution in [0.4, 0.5) is 5.69 Å². The zero-order valence-electron chi connectivity index (χ0n) is 7.53. The van der Waals surface area contributed by atoms with E-state index in [1.54, 1.807) is 12.3 Å². The van der Waals surface area contributed by atoms with E-state index in [4.69, 9.17) is 5.73 Å². The van der Waals surface area contributed by atoms with Crippen molar-refractivity contribution >= 4 is 18.0 Å². The number of carbonyl (C=O) groups excluding carboxylic acids is 1. The molecule has 2 N–H and O–H groups in total. The average molecular weight is 176 g/mol. The van der Waals surface area contributed by atoms with Gasteiger partial charge in [0.1, 0.15) is 6.29 Å². The number of aromatic nitrogens is 1. The molecule has 3 nitrogen and oxygen atoms in total. The van der Waals surface area contributed by atoms with Crippen molar-refractivity contribution < 1.29 is 4.79 Å². The number of nitrogen functional groups attached to an aromatic ring is 1. The number of aryl methyl sites for hydroxylation is 1. The predicted octanol–water partition coefficient (Wildman–Crippen LogP) is 1.57. The summed E-state index contributed by atoms with van der Waals surface area (Å²) in [5.41, 5.74) is 8.07. The van der Waals surface area contributed by atoms with Crippen molar-refractivity contribution in [1.29, 1.82) is 0 Å². The van der Waals surface area contributed by atoms with Crippen LogP contribution < -0.4 is 5.73 Å². The summed E-state index contributed by atoms with van der Waals surface area (Å²) in [4.78, 5) is 14.2. The first kappa shape index (κ1) is 9.45. The molecule has 1 heterocycles. The number of anilines is 1. The largest absolute Gasteiger partial charge is 0.397 e. The van der Waals surface area contributed by atoms with Crippen LogP contribution in [0.25, 0.3) is 6.08 Å². The number of nitrogens with two attached hydrogens (primary N) is 1. The number of carbonyl (C=O) groups is 1. The number of allylic oxidation sites excluding steroid dienone is 1. The zero-order chi connectivity index (χ0) is 9.68. The van der Waals surface area contributed by atoms with Gasteiger partial charge >= 0.3 is 0 Å². The number of rotatable bonds is 3. The van der Waals surface area contributed by atoms with Gasteiger partial charge in [-0.15, -0.1) is 0 Å².